The van der Waals surface area contributed by atoms with Crippen LogP contribution in [0.1, 0.15) is 37.7 Å². The predicted molar refractivity (Wildman–Crippen MR) is 84.0 cm³/mol. The van der Waals surface area contributed by atoms with Crippen LogP contribution in [-0.2, 0) is 10.2 Å². The summed E-state index contributed by atoms with van der Waals surface area (Å²) in [5, 5.41) is 2.99. The van der Waals surface area contributed by atoms with Crippen molar-refractivity contribution in [3.8, 4) is 0 Å². The minimum absolute atomic E-state index is 0.00925. The third-order valence-corrected chi connectivity index (χ3v) is 4.48. The maximum Gasteiger partial charge on any atom is 0.235 e. The number of benzene rings is 1. The molecule has 1 heterocycles. The van der Waals surface area contributed by atoms with Crippen molar-refractivity contribution in [2.75, 3.05) is 5.32 Å². The molecule has 1 aromatic carbocycles. The van der Waals surface area contributed by atoms with E-state index in [4.69, 9.17) is 0 Å². The van der Waals surface area contributed by atoms with Crippen LogP contribution >= 0.6 is 0 Å². The van der Waals surface area contributed by atoms with Crippen LogP contribution in [-0.4, -0.2) is 10.9 Å². The van der Waals surface area contributed by atoms with Crippen molar-refractivity contribution in [2.24, 2.45) is 0 Å². The molecule has 1 saturated carbocycles. The van der Waals surface area contributed by atoms with Crippen LogP contribution in [0.25, 0.3) is 0 Å². The third-order valence-electron chi connectivity index (χ3n) is 4.48. The van der Waals surface area contributed by atoms with Crippen LogP contribution in [0.4, 0.5) is 10.1 Å². The smallest absolute Gasteiger partial charge is 0.235 e. The number of nitrogens with zero attached hydrogens (tertiary/aromatic N) is 1. The second-order valence-electron chi connectivity index (χ2n) is 5.84. The summed E-state index contributed by atoms with van der Waals surface area (Å²) in [6.45, 7) is 0. The molecule has 0 bridgehead atoms. The van der Waals surface area contributed by atoms with Gasteiger partial charge in [-0.3, -0.25) is 9.78 Å². The number of amides is 1. The first kappa shape index (κ1) is 14.7. The molecule has 22 heavy (non-hydrogen) atoms. The van der Waals surface area contributed by atoms with Gasteiger partial charge in [0.15, 0.2) is 0 Å². The number of hydrogen-bond donors (Lipinski definition) is 1. The maximum absolute atomic E-state index is 13.2. The van der Waals surface area contributed by atoms with Gasteiger partial charge in [0.25, 0.3) is 0 Å². The van der Waals surface area contributed by atoms with E-state index in [2.05, 4.69) is 10.3 Å². The van der Waals surface area contributed by atoms with Gasteiger partial charge in [-0.25, -0.2) is 4.39 Å². The van der Waals surface area contributed by atoms with Gasteiger partial charge in [0.1, 0.15) is 5.82 Å². The molecule has 1 aromatic heterocycles. The number of rotatable bonds is 3. The van der Waals surface area contributed by atoms with Crippen molar-refractivity contribution in [1.82, 2.24) is 4.98 Å². The Morgan fingerprint density at radius 3 is 2.27 bits per heavy atom. The van der Waals surface area contributed by atoms with E-state index in [1.54, 1.807) is 36.7 Å². The lowest BCUT2D eigenvalue weighted by Gasteiger charge is -2.36. The number of pyridine rings is 1. The minimum Gasteiger partial charge on any atom is -0.325 e. The summed E-state index contributed by atoms with van der Waals surface area (Å²) in [5.41, 5.74) is 1.09. The first-order chi connectivity index (χ1) is 10.7. The molecule has 3 nitrogen and oxygen atoms in total. The lowest BCUT2D eigenvalue weighted by molar-refractivity contribution is -0.122. The third kappa shape index (κ3) is 2.86. The largest absolute Gasteiger partial charge is 0.325 e. The normalized spacial score (nSPS) is 17.0. The first-order valence-corrected chi connectivity index (χ1v) is 7.68. The Hall–Kier alpha value is -2.23. The van der Waals surface area contributed by atoms with Gasteiger partial charge in [-0.05, 0) is 42.7 Å². The van der Waals surface area contributed by atoms with Crippen molar-refractivity contribution in [3.05, 3.63) is 60.2 Å². The summed E-state index contributed by atoms with van der Waals surface area (Å²) in [5.74, 6) is -0.283. The van der Waals surface area contributed by atoms with E-state index < -0.39 is 5.41 Å². The van der Waals surface area contributed by atoms with Gasteiger partial charge < -0.3 is 5.32 Å². The Labute approximate surface area is 129 Å². The summed E-state index contributed by atoms with van der Waals surface area (Å²) in [4.78, 5) is 16.9. The zero-order valence-corrected chi connectivity index (χ0v) is 12.4. The molecule has 3 rings (SSSR count). The lowest BCUT2D eigenvalue weighted by Crippen LogP contribution is -2.42. The van der Waals surface area contributed by atoms with Crippen LogP contribution in [0.2, 0.25) is 0 Å². The van der Waals surface area contributed by atoms with Gasteiger partial charge in [-0.15, -0.1) is 0 Å². The van der Waals surface area contributed by atoms with Crippen molar-refractivity contribution in [3.63, 3.8) is 0 Å². The average molecular weight is 298 g/mol. The van der Waals surface area contributed by atoms with Gasteiger partial charge in [0.05, 0.1) is 5.41 Å². The number of aromatic nitrogens is 1. The molecular formula is C18H19FN2O. The molecule has 2 aromatic rings. The number of carbonyl (C=O) groups is 1. The second kappa shape index (κ2) is 6.26. The average Bonchev–Trinajstić information content (AvgIpc) is 2.57. The molecule has 114 valence electrons. The highest BCUT2D eigenvalue weighted by molar-refractivity contribution is 5.99. The number of carbonyl (C=O) groups excluding carboxylic acids is 1. The standard InChI is InChI=1S/C18H19FN2O/c19-15-6-4-14(5-7-15)18(10-2-1-3-11-18)17(22)21-16-8-12-20-13-9-16/h4-9,12-13H,1-3,10-11H2,(H,20,21,22). The maximum atomic E-state index is 13.2. The molecule has 0 radical (unpaired) electrons. The predicted octanol–water partition coefficient (Wildman–Crippen LogP) is 4.06. The molecule has 1 amide bonds. The van der Waals surface area contributed by atoms with Gasteiger partial charge >= 0.3 is 0 Å². The molecule has 4 heteroatoms. The Morgan fingerprint density at radius 2 is 1.64 bits per heavy atom. The van der Waals surface area contributed by atoms with E-state index in [1.807, 2.05) is 0 Å². The number of halogens is 1. The summed E-state index contributed by atoms with van der Waals surface area (Å²) < 4.78 is 13.2. The SMILES string of the molecule is O=C(Nc1ccncc1)C1(c2ccc(F)cc2)CCCCC1. The molecule has 0 unspecified atom stereocenters. The van der Waals surface area contributed by atoms with Crippen LogP contribution in [0, 0.1) is 5.82 Å². The van der Waals surface area contributed by atoms with E-state index in [0.717, 1.165) is 43.4 Å². The Morgan fingerprint density at radius 1 is 1.00 bits per heavy atom. The van der Waals surface area contributed by atoms with Gasteiger partial charge in [0.2, 0.25) is 5.91 Å². The molecule has 0 spiro atoms. The zero-order chi connectivity index (χ0) is 15.4. The fourth-order valence-corrected chi connectivity index (χ4v) is 3.26. The van der Waals surface area contributed by atoms with E-state index >= 15 is 0 Å². The Balaban J connectivity index is 1.91. The number of nitrogens with one attached hydrogen (secondary N) is 1. The van der Waals surface area contributed by atoms with Gasteiger partial charge in [0, 0.05) is 18.1 Å². The number of hydrogen-bond acceptors (Lipinski definition) is 2. The summed E-state index contributed by atoms with van der Waals surface area (Å²) in [6, 6.07) is 9.91. The Kier molecular flexibility index (Phi) is 4.18. The minimum atomic E-state index is -0.560. The summed E-state index contributed by atoms with van der Waals surface area (Å²) in [7, 11) is 0. The number of anilines is 1. The molecular weight excluding hydrogens is 279 g/mol. The van der Waals surface area contributed by atoms with Crippen LogP contribution in [0.5, 0.6) is 0 Å². The molecule has 1 aliphatic rings. The molecule has 0 atom stereocenters. The van der Waals surface area contributed by atoms with E-state index in [9.17, 15) is 9.18 Å². The van der Waals surface area contributed by atoms with Crippen LogP contribution < -0.4 is 5.32 Å². The first-order valence-electron chi connectivity index (χ1n) is 7.68. The fraction of sp³-hybridized carbons (Fsp3) is 0.333. The molecule has 0 saturated heterocycles. The molecule has 1 aliphatic carbocycles. The molecule has 0 aliphatic heterocycles. The highest BCUT2D eigenvalue weighted by atomic mass is 19.1. The highest BCUT2D eigenvalue weighted by Crippen LogP contribution is 2.40. The molecule has 1 fully saturated rings. The van der Waals surface area contributed by atoms with E-state index in [-0.39, 0.29) is 11.7 Å². The van der Waals surface area contributed by atoms with Crippen molar-refractivity contribution >= 4 is 11.6 Å². The summed E-state index contributed by atoms with van der Waals surface area (Å²) >= 11 is 0. The Bertz CT molecular complexity index is 634. The van der Waals surface area contributed by atoms with E-state index in [1.165, 1.54) is 12.1 Å². The highest BCUT2D eigenvalue weighted by Gasteiger charge is 2.41. The van der Waals surface area contributed by atoms with Gasteiger partial charge in [-0.2, -0.15) is 0 Å². The fourth-order valence-electron chi connectivity index (χ4n) is 3.26. The zero-order valence-electron chi connectivity index (χ0n) is 12.4. The van der Waals surface area contributed by atoms with Crippen molar-refractivity contribution in [2.45, 2.75) is 37.5 Å². The quantitative estimate of drug-likeness (QED) is 0.928. The lowest BCUT2D eigenvalue weighted by atomic mass is 9.68. The van der Waals surface area contributed by atoms with Crippen molar-refractivity contribution < 1.29 is 9.18 Å². The topological polar surface area (TPSA) is 42.0 Å². The van der Waals surface area contributed by atoms with Crippen LogP contribution in [0.15, 0.2) is 48.8 Å². The second-order valence-corrected chi connectivity index (χ2v) is 5.84. The van der Waals surface area contributed by atoms with Crippen molar-refractivity contribution in [1.29, 1.82) is 0 Å². The van der Waals surface area contributed by atoms with E-state index in [0.29, 0.717) is 0 Å². The summed E-state index contributed by atoms with van der Waals surface area (Å²) in [6.07, 6.45) is 8.08. The van der Waals surface area contributed by atoms with Crippen LogP contribution in [0.3, 0.4) is 0 Å². The molecule has 1 N–H and O–H groups in total. The van der Waals surface area contributed by atoms with Gasteiger partial charge in [-0.1, -0.05) is 31.4 Å². The monoisotopic (exact) mass is 298 g/mol.